The Labute approximate surface area is 121 Å². The smallest absolute Gasteiger partial charge is 0.406 e. The molecule has 0 bridgehead atoms. The number of ether oxygens (including phenoxy) is 2. The standard InChI is InChI=1S/C14H18F3NO3/c1-13(2,3)20-9-12(19)18-8-10-4-6-11(7-5-10)21-14(15,16)17/h4-7H,8-9H2,1-3H3,(H,18,19). The molecule has 21 heavy (non-hydrogen) atoms. The van der Waals surface area contributed by atoms with E-state index >= 15 is 0 Å². The zero-order valence-electron chi connectivity index (χ0n) is 12.1. The van der Waals surface area contributed by atoms with Gasteiger partial charge < -0.3 is 14.8 Å². The van der Waals surface area contributed by atoms with E-state index in [4.69, 9.17) is 4.74 Å². The van der Waals surface area contributed by atoms with E-state index in [-0.39, 0.29) is 24.8 Å². The number of benzene rings is 1. The van der Waals surface area contributed by atoms with Gasteiger partial charge in [-0.1, -0.05) is 12.1 Å². The van der Waals surface area contributed by atoms with E-state index in [9.17, 15) is 18.0 Å². The second-order valence-electron chi connectivity index (χ2n) is 5.37. The minimum absolute atomic E-state index is 0.0707. The van der Waals surface area contributed by atoms with Crippen molar-refractivity contribution in [3.8, 4) is 5.75 Å². The molecule has 1 N–H and O–H groups in total. The van der Waals surface area contributed by atoms with Gasteiger partial charge in [-0.3, -0.25) is 4.79 Å². The maximum absolute atomic E-state index is 12.0. The molecule has 0 fully saturated rings. The molecule has 7 heteroatoms. The van der Waals surface area contributed by atoms with Gasteiger partial charge >= 0.3 is 6.36 Å². The topological polar surface area (TPSA) is 47.6 Å². The molecule has 1 aromatic carbocycles. The van der Waals surface area contributed by atoms with Crippen LogP contribution in [0.3, 0.4) is 0 Å². The van der Waals surface area contributed by atoms with Crippen molar-refractivity contribution in [2.45, 2.75) is 39.3 Å². The highest BCUT2D eigenvalue weighted by Gasteiger charge is 2.30. The lowest BCUT2D eigenvalue weighted by Gasteiger charge is -2.19. The molecule has 0 spiro atoms. The summed E-state index contributed by atoms with van der Waals surface area (Å²) in [6.45, 7) is 5.64. The summed E-state index contributed by atoms with van der Waals surface area (Å²) in [5.74, 6) is -0.589. The quantitative estimate of drug-likeness (QED) is 0.909. The van der Waals surface area contributed by atoms with E-state index in [1.165, 1.54) is 24.3 Å². The van der Waals surface area contributed by atoms with Crippen LogP contribution in [0.4, 0.5) is 13.2 Å². The molecule has 0 aliphatic carbocycles. The Morgan fingerprint density at radius 2 is 1.71 bits per heavy atom. The van der Waals surface area contributed by atoms with Gasteiger partial charge in [-0.15, -0.1) is 13.2 Å². The lowest BCUT2D eigenvalue weighted by atomic mass is 10.2. The second kappa shape index (κ2) is 6.80. The Balaban J connectivity index is 2.41. The van der Waals surface area contributed by atoms with Crippen molar-refractivity contribution in [1.82, 2.24) is 5.32 Å². The molecular weight excluding hydrogens is 287 g/mol. The molecule has 0 unspecified atom stereocenters. The summed E-state index contributed by atoms with van der Waals surface area (Å²) in [7, 11) is 0. The van der Waals surface area contributed by atoms with E-state index in [1.807, 2.05) is 20.8 Å². The highest BCUT2D eigenvalue weighted by Crippen LogP contribution is 2.22. The molecule has 0 saturated carbocycles. The first-order valence-electron chi connectivity index (χ1n) is 6.30. The van der Waals surface area contributed by atoms with Crippen molar-refractivity contribution >= 4 is 5.91 Å². The maximum Gasteiger partial charge on any atom is 0.573 e. The van der Waals surface area contributed by atoms with Crippen molar-refractivity contribution in [1.29, 1.82) is 0 Å². The Morgan fingerprint density at radius 3 is 2.19 bits per heavy atom. The molecule has 0 atom stereocenters. The van der Waals surface area contributed by atoms with Crippen LogP contribution < -0.4 is 10.1 Å². The molecule has 118 valence electrons. The number of carbonyl (C=O) groups excluding carboxylic acids is 1. The van der Waals surface area contributed by atoms with E-state index in [2.05, 4.69) is 10.1 Å². The number of nitrogens with one attached hydrogen (secondary N) is 1. The third kappa shape index (κ3) is 8.19. The summed E-state index contributed by atoms with van der Waals surface area (Å²) in [6.07, 6.45) is -4.71. The summed E-state index contributed by atoms with van der Waals surface area (Å²) < 4.78 is 45.0. The van der Waals surface area contributed by atoms with Gasteiger partial charge in [-0.05, 0) is 38.5 Å². The van der Waals surface area contributed by atoms with Crippen LogP contribution in [0.2, 0.25) is 0 Å². The summed E-state index contributed by atoms with van der Waals surface area (Å²) in [5, 5.41) is 2.61. The van der Waals surface area contributed by atoms with Gasteiger partial charge in [-0.2, -0.15) is 0 Å². The molecule has 1 rings (SSSR count). The first-order chi connectivity index (χ1) is 9.55. The van der Waals surface area contributed by atoms with Crippen molar-refractivity contribution in [2.75, 3.05) is 6.61 Å². The largest absolute Gasteiger partial charge is 0.573 e. The number of rotatable bonds is 5. The van der Waals surface area contributed by atoms with E-state index in [1.54, 1.807) is 0 Å². The molecule has 0 aliphatic heterocycles. The Morgan fingerprint density at radius 1 is 1.14 bits per heavy atom. The average Bonchev–Trinajstić information content (AvgIpc) is 2.33. The fourth-order valence-electron chi connectivity index (χ4n) is 1.34. The summed E-state index contributed by atoms with van der Waals surface area (Å²) in [5.41, 5.74) is 0.252. The molecule has 4 nitrogen and oxygen atoms in total. The number of hydrogen-bond acceptors (Lipinski definition) is 3. The number of halogens is 3. The highest BCUT2D eigenvalue weighted by atomic mass is 19.4. The SMILES string of the molecule is CC(C)(C)OCC(=O)NCc1ccc(OC(F)(F)F)cc1. The van der Waals surface area contributed by atoms with Gasteiger partial charge in [-0.25, -0.2) is 0 Å². The average molecular weight is 305 g/mol. The minimum atomic E-state index is -4.71. The number of alkyl halides is 3. The summed E-state index contributed by atoms with van der Waals surface area (Å²) in [6, 6.07) is 5.29. The number of carbonyl (C=O) groups is 1. The van der Waals surface area contributed by atoms with Gasteiger partial charge in [0.05, 0.1) is 5.60 Å². The first-order valence-corrected chi connectivity index (χ1v) is 6.30. The third-order valence-corrected chi connectivity index (χ3v) is 2.28. The van der Waals surface area contributed by atoms with Crippen LogP contribution in [0.1, 0.15) is 26.3 Å². The lowest BCUT2D eigenvalue weighted by Crippen LogP contribution is -2.31. The predicted molar refractivity (Wildman–Crippen MR) is 70.7 cm³/mol. The van der Waals surface area contributed by atoms with Crippen molar-refractivity contribution in [3.05, 3.63) is 29.8 Å². The second-order valence-corrected chi connectivity index (χ2v) is 5.37. The summed E-state index contributed by atoms with van der Waals surface area (Å²) >= 11 is 0. The molecule has 0 radical (unpaired) electrons. The van der Waals surface area contributed by atoms with Crippen LogP contribution in [-0.2, 0) is 16.1 Å². The predicted octanol–water partition coefficient (Wildman–Crippen LogP) is 3.02. The van der Waals surface area contributed by atoms with Crippen molar-refractivity contribution in [2.24, 2.45) is 0 Å². The molecular formula is C14H18F3NO3. The van der Waals surface area contributed by atoms with E-state index in [0.29, 0.717) is 5.56 Å². The first kappa shape index (κ1) is 17.3. The molecule has 0 saturated heterocycles. The van der Waals surface area contributed by atoms with Crippen molar-refractivity contribution in [3.63, 3.8) is 0 Å². The van der Waals surface area contributed by atoms with Crippen LogP contribution in [0.25, 0.3) is 0 Å². The van der Waals surface area contributed by atoms with Gasteiger partial charge in [0.1, 0.15) is 12.4 Å². The fourth-order valence-corrected chi connectivity index (χ4v) is 1.34. The lowest BCUT2D eigenvalue weighted by molar-refractivity contribution is -0.274. The number of hydrogen-bond donors (Lipinski definition) is 1. The Hall–Kier alpha value is -1.76. The zero-order valence-corrected chi connectivity index (χ0v) is 12.1. The van der Waals surface area contributed by atoms with Crippen LogP contribution >= 0.6 is 0 Å². The van der Waals surface area contributed by atoms with E-state index in [0.717, 1.165) is 0 Å². The van der Waals surface area contributed by atoms with Crippen LogP contribution in [0.5, 0.6) is 5.75 Å². The van der Waals surface area contributed by atoms with E-state index < -0.39 is 12.0 Å². The van der Waals surface area contributed by atoms with Gasteiger partial charge in [0.25, 0.3) is 0 Å². The van der Waals surface area contributed by atoms with Crippen LogP contribution in [0, 0.1) is 0 Å². The molecule has 1 amide bonds. The van der Waals surface area contributed by atoms with Crippen LogP contribution in [-0.4, -0.2) is 24.5 Å². The van der Waals surface area contributed by atoms with Gasteiger partial charge in [0, 0.05) is 6.54 Å². The minimum Gasteiger partial charge on any atom is -0.406 e. The van der Waals surface area contributed by atoms with Crippen molar-refractivity contribution < 1.29 is 27.4 Å². The Kier molecular flexibility index (Phi) is 5.60. The van der Waals surface area contributed by atoms with Gasteiger partial charge in [0.15, 0.2) is 0 Å². The highest BCUT2D eigenvalue weighted by molar-refractivity contribution is 5.77. The molecule has 0 aromatic heterocycles. The summed E-state index contributed by atoms with van der Waals surface area (Å²) in [4.78, 5) is 11.5. The zero-order chi connectivity index (χ0) is 16.1. The maximum atomic E-state index is 12.0. The monoisotopic (exact) mass is 305 g/mol. The normalized spacial score (nSPS) is 12.1. The fraction of sp³-hybridized carbons (Fsp3) is 0.500. The molecule has 1 aromatic rings. The third-order valence-electron chi connectivity index (χ3n) is 2.28. The number of amides is 1. The Bertz CT molecular complexity index is 464. The molecule has 0 aliphatic rings. The molecule has 0 heterocycles. The van der Waals surface area contributed by atoms with Gasteiger partial charge in [0.2, 0.25) is 5.91 Å². The van der Waals surface area contributed by atoms with Crippen LogP contribution in [0.15, 0.2) is 24.3 Å².